The molecule has 0 bridgehead atoms. The maximum atomic E-state index is 12.9. The average molecular weight is 475 g/mol. The van der Waals surface area contributed by atoms with Crippen LogP contribution in [0, 0.1) is 5.92 Å². The number of benzene rings is 2. The van der Waals surface area contributed by atoms with Gasteiger partial charge < -0.3 is 0 Å². The van der Waals surface area contributed by atoms with Crippen LogP contribution in [0.2, 0.25) is 5.02 Å². The van der Waals surface area contributed by atoms with E-state index in [0.717, 1.165) is 29.7 Å². The SMILES string of the molecule is CC1CCN(S(=O)(=O)c2ccc(-c3csc(N/N=C/c4cccc(Cl)c4)n3)cc2)CC1. The summed E-state index contributed by atoms with van der Waals surface area (Å²) < 4.78 is 27.3. The maximum absolute atomic E-state index is 12.9. The Morgan fingerprint density at radius 1 is 1.19 bits per heavy atom. The minimum absolute atomic E-state index is 0.325. The Balaban J connectivity index is 1.42. The Hall–Kier alpha value is -2.26. The van der Waals surface area contributed by atoms with E-state index in [0.29, 0.717) is 34.1 Å². The van der Waals surface area contributed by atoms with E-state index in [1.165, 1.54) is 11.3 Å². The van der Waals surface area contributed by atoms with Crippen molar-refractivity contribution >= 4 is 44.3 Å². The summed E-state index contributed by atoms with van der Waals surface area (Å²) in [7, 11) is -3.45. The van der Waals surface area contributed by atoms with Crippen LogP contribution >= 0.6 is 22.9 Å². The van der Waals surface area contributed by atoms with Gasteiger partial charge >= 0.3 is 0 Å². The monoisotopic (exact) mass is 474 g/mol. The fraction of sp³-hybridized carbons (Fsp3) is 0.273. The number of aromatic nitrogens is 1. The Morgan fingerprint density at radius 3 is 2.65 bits per heavy atom. The van der Waals surface area contributed by atoms with Crippen LogP contribution in [0.25, 0.3) is 11.3 Å². The fourth-order valence-electron chi connectivity index (χ4n) is 3.38. The molecule has 162 valence electrons. The van der Waals surface area contributed by atoms with Crippen LogP contribution in [0.3, 0.4) is 0 Å². The molecule has 9 heteroatoms. The van der Waals surface area contributed by atoms with Gasteiger partial charge in [-0.05, 0) is 48.6 Å². The van der Waals surface area contributed by atoms with Gasteiger partial charge in [0.2, 0.25) is 15.2 Å². The fourth-order valence-corrected chi connectivity index (χ4v) is 5.72. The molecular weight excluding hydrogens is 452 g/mol. The van der Waals surface area contributed by atoms with Crippen LogP contribution in [0.5, 0.6) is 0 Å². The van der Waals surface area contributed by atoms with Crippen molar-refractivity contribution in [1.29, 1.82) is 0 Å². The molecule has 0 radical (unpaired) electrons. The van der Waals surface area contributed by atoms with Crippen molar-refractivity contribution in [2.24, 2.45) is 11.0 Å². The predicted octanol–water partition coefficient (Wildman–Crippen LogP) is 5.33. The van der Waals surface area contributed by atoms with E-state index in [2.05, 4.69) is 22.4 Å². The van der Waals surface area contributed by atoms with Gasteiger partial charge in [-0.25, -0.2) is 13.4 Å². The summed E-state index contributed by atoms with van der Waals surface area (Å²) >= 11 is 7.40. The number of hydrogen-bond acceptors (Lipinski definition) is 6. The van der Waals surface area contributed by atoms with Crippen molar-refractivity contribution in [3.05, 3.63) is 64.5 Å². The Labute approximate surface area is 191 Å². The maximum Gasteiger partial charge on any atom is 0.243 e. The molecule has 2 aromatic carbocycles. The molecule has 0 unspecified atom stereocenters. The molecule has 1 aliphatic rings. The number of nitrogens with one attached hydrogen (secondary N) is 1. The van der Waals surface area contributed by atoms with Crippen molar-refractivity contribution in [3.8, 4) is 11.3 Å². The number of anilines is 1. The van der Waals surface area contributed by atoms with Gasteiger partial charge in [-0.3, -0.25) is 5.43 Å². The Bertz CT molecular complexity index is 1170. The smallest absolute Gasteiger partial charge is 0.243 e. The number of piperidine rings is 1. The minimum Gasteiger partial charge on any atom is -0.253 e. The molecule has 1 aliphatic heterocycles. The summed E-state index contributed by atoms with van der Waals surface area (Å²) in [5.74, 6) is 0.580. The molecule has 3 aromatic rings. The van der Waals surface area contributed by atoms with Gasteiger partial charge in [-0.15, -0.1) is 11.3 Å². The van der Waals surface area contributed by atoms with Crippen LogP contribution < -0.4 is 5.43 Å². The summed E-state index contributed by atoms with van der Waals surface area (Å²) in [6.07, 6.45) is 3.49. The van der Waals surface area contributed by atoms with E-state index in [9.17, 15) is 8.42 Å². The third-order valence-corrected chi connectivity index (χ3v) is 8.15. The highest BCUT2D eigenvalue weighted by molar-refractivity contribution is 7.89. The third kappa shape index (κ3) is 5.33. The number of thiazole rings is 1. The van der Waals surface area contributed by atoms with Crippen LogP contribution in [0.15, 0.2) is 63.9 Å². The zero-order chi connectivity index (χ0) is 21.8. The first-order chi connectivity index (χ1) is 14.9. The van der Waals surface area contributed by atoms with Gasteiger partial charge in [0.25, 0.3) is 0 Å². The average Bonchev–Trinajstić information content (AvgIpc) is 3.23. The van der Waals surface area contributed by atoms with Crippen molar-refractivity contribution in [3.63, 3.8) is 0 Å². The molecule has 1 aromatic heterocycles. The van der Waals surface area contributed by atoms with Gasteiger partial charge in [0.05, 0.1) is 16.8 Å². The molecular formula is C22H23ClN4O2S2. The van der Waals surface area contributed by atoms with Gasteiger partial charge in [-0.1, -0.05) is 42.8 Å². The molecule has 6 nitrogen and oxygen atoms in total. The van der Waals surface area contributed by atoms with Crippen molar-refractivity contribution < 1.29 is 8.42 Å². The van der Waals surface area contributed by atoms with Crippen LogP contribution in [-0.2, 0) is 10.0 Å². The van der Waals surface area contributed by atoms with E-state index in [4.69, 9.17) is 11.6 Å². The second kappa shape index (κ2) is 9.48. The molecule has 0 spiro atoms. The highest BCUT2D eigenvalue weighted by atomic mass is 35.5. The first-order valence-corrected chi connectivity index (χ1v) is 12.7. The summed E-state index contributed by atoms with van der Waals surface area (Å²) in [4.78, 5) is 4.85. The summed E-state index contributed by atoms with van der Waals surface area (Å²) in [5.41, 5.74) is 5.42. The normalized spacial score (nSPS) is 16.1. The lowest BCUT2D eigenvalue weighted by atomic mass is 10.0. The number of halogens is 1. The van der Waals surface area contributed by atoms with E-state index in [1.54, 1.807) is 34.8 Å². The number of hydrogen-bond donors (Lipinski definition) is 1. The third-order valence-electron chi connectivity index (χ3n) is 5.26. The van der Waals surface area contributed by atoms with E-state index in [1.807, 2.05) is 29.6 Å². The van der Waals surface area contributed by atoms with Crippen LogP contribution in [-0.4, -0.2) is 37.0 Å². The topological polar surface area (TPSA) is 74.7 Å². The summed E-state index contributed by atoms with van der Waals surface area (Å²) in [5, 5.41) is 7.40. The molecule has 31 heavy (non-hydrogen) atoms. The number of nitrogens with zero attached hydrogens (tertiary/aromatic N) is 3. The Kier molecular flexibility index (Phi) is 6.71. The zero-order valence-corrected chi connectivity index (χ0v) is 19.4. The molecule has 1 fully saturated rings. The van der Waals surface area contributed by atoms with Crippen LogP contribution in [0.1, 0.15) is 25.3 Å². The summed E-state index contributed by atoms with van der Waals surface area (Å²) in [6, 6.07) is 14.3. The molecule has 2 heterocycles. The standard InChI is InChI=1S/C22H23ClN4O2S2/c1-16-9-11-27(12-10-16)31(28,29)20-7-5-18(6-8-20)21-15-30-22(25-21)26-24-14-17-3-2-4-19(23)13-17/h2-8,13-16H,9-12H2,1H3,(H,25,26)/b24-14+. The van der Waals surface area contributed by atoms with E-state index < -0.39 is 10.0 Å². The van der Waals surface area contributed by atoms with Crippen molar-refractivity contribution in [2.45, 2.75) is 24.7 Å². The van der Waals surface area contributed by atoms with E-state index in [-0.39, 0.29) is 0 Å². The largest absolute Gasteiger partial charge is 0.253 e. The second-order valence-corrected chi connectivity index (χ2v) is 10.8. The first kappa shape index (κ1) is 22.0. The van der Waals surface area contributed by atoms with Gasteiger partial charge in [0, 0.05) is 29.1 Å². The van der Waals surface area contributed by atoms with Gasteiger partial charge in [0.15, 0.2) is 0 Å². The molecule has 1 saturated heterocycles. The summed E-state index contributed by atoms with van der Waals surface area (Å²) in [6.45, 7) is 3.34. The highest BCUT2D eigenvalue weighted by Gasteiger charge is 2.27. The quantitative estimate of drug-likeness (QED) is 0.387. The molecule has 4 rings (SSSR count). The van der Waals surface area contributed by atoms with Crippen molar-refractivity contribution in [1.82, 2.24) is 9.29 Å². The number of hydrazone groups is 1. The molecule has 0 atom stereocenters. The Morgan fingerprint density at radius 2 is 1.94 bits per heavy atom. The first-order valence-electron chi connectivity index (χ1n) is 10.0. The van der Waals surface area contributed by atoms with E-state index >= 15 is 0 Å². The lowest BCUT2D eigenvalue weighted by Gasteiger charge is -2.29. The molecule has 0 saturated carbocycles. The number of rotatable bonds is 6. The zero-order valence-electron chi connectivity index (χ0n) is 17.0. The van der Waals surface area contributed by atoms with Crippen LogP contribution in [0.4, 0.5) is 5.13 Å². The predicted molar refractivity (Wildman–Crippen MR) is 127 cm³/mol. The molecule has 0 aliphatic carbocycles. The lowest BCUT2D eigenvalue weighted by Crippen LogP contribution is -2.37. The van der Waals surface area contributed by atoms with Gasteiger partial charge in [0.1, 0.15) is 0 Å². The molecule has 1 N–H and O–H groups in total. The van der Waals surface area contributed by atoms with Crippen molar-refractivity contribution in [2.75, 3.05) is 18.5 Å². The minimum atomic E-state index is -3.45. The van der Waals surface area contributed by atoms with Gasteiger partial charge in [-0.2, -0.15) is 9.41 Å². The highest BCUT2D eigenvalue weighted by Crippen LogP contribution is 2.28. The number of sulfonamides is 1. The molecule has 0 amide bonds. The lowest BCUT2D eigenvalue weighted by molar-refractivity contribution is 0.288. The second-order valence-electron chi connectivity index (χ2n) is 7.57.